The number of nitrogens with one attached hydrogen (secondary N) is 1. The van der Waals surface area contributed by atoms with E-state index in [4.69, 9.17) is 32.7 Å². The number of hydrogen-bond acceptors (Lipinski definition) is 5. The molecule has 0 bridgehead atoms. The summed E-state index contributed by atoms with van der Waals surface area (Å²) in [7, 11) is 1.53. The van der Waals surface area contributed by atoms with E-state index in [0.29, 0.717) is 59.4 Å². The molecule has 192 valence electrons. The van der Waals surface area contributed by atoms with Gasteiger partial charge in [0.05, 0.1) is 23.8 Å². The van der Waals surface area contributed by atoms with Crippen LogP contribution in [-0.4, -0.2) is 72.6 Å². The van der Waals surface area contributed by atoms with Gasteiger partial charge in [-0.15, -0.1) is 0 Å². The summed E-state index contributed by atoms with van der Waals surface area (Å²) < 4.78 is 11.5. The number of ether oxygens (including phenoxy) is 2. The zero-order valence-electron chi connectivity index (χ0n) is 20.3. The molecule has 10 heteroatoms. The van der Waals surface area contributed by atoms with Gasteiger partial charge >= 0.3 is 0 Å². The third-order valence-corrected chi connectivity index (χ3v) is 7.39. The van der Waals surface area contributed by atoms with E-state index in [1.165, 1.54) is 7.11 Å². The van der Waals surface area contributed by atoms with Crippen molar-refractivity contribution in [1.82, 2.24) is 15.1 Å². The summed E-state index contributed by atoms with van der Waals surface area (Å²) in [5, 5.41) is 3.58. The normalized spacial score (nSPS) is 18.8. The first-order valence-corrected chi connectivity index (χ1v) is 12.7. The lowest BCUT2D eigenvalue weighted by molar-refractivity contribution is -0.128. The van der Waals surface area contributed by atoms with Gasteiger partial charge in [0.25, 0.3) is 11.8 Å². The van der Waals surface area contributed by atoms with Gasteiger partial charge < -0.3 is 19.7 Å². The summed E-state index contributed by atoms with van der Waals surface area (Å²) in [6, 6.07) is 10.9. The molecule has 2 aliphatic rings. The van der Waals surface area contributed by atoms with Crippen LogP contribution in [0.1, 0.15) is 46.9 Å². The third-order valence-electron chi connectivity index (χ3n) is 6.65. The number of piperidine rings is 1. The summed E-state index contributed by atoms with van der Waals surface area (Å²) in [6.07, 6.45) is 1.51. The quantitative estimate of drug-likeness (QED) is 0.606. The van der Waals surface area contributed by atoms with Crippen LogP contribution in [0.25, 0.3) is 0 Å². The largest absolute Gasteiger partial charge is 0.497 e. The smallest absolute Gasteiger partial charge is 0.257 e. The minimum Gasteiger partial charge on any atom is -0.497 e. The maximum absolute atomic E-state index is 13.8. The number of nitrogens with zero attached hydrogens (tertiary/aromatic N) is 2. The highest BCUT2D eigenvalue weighted by Gasteiger charge is 2.54. The number of hydrogen-bond donors (Lipinski definition) is 1. The summed E-state index contributed by atoms with van der Waals surface area (Å²) in [5.74, 6) is -0.194. The van der Waals surface area contributed by atoms with Crippen molar-refractivity contribution < 1.29 is 23.9 Å². The molecule has 1 atom stereocenters. The Labute approximate surface area is 220 Å². The van der Waals surface area contributed by atoms with Crippen molar-refractivity contribution in [1.29, 1.82) is 0 Å². The highest BCUT2D eigenvalue weighted by molar-refractivity contribution is 6.42. The predicted octanol–water partition coefficient (Wildman–Crippen LogP) is 4.00. The van der Waals surface area contributed by atoms with Gasteiger partial charge in [-0.1, -0.05) is 36.2 Å². The third kappa shape index (κ3) is 5.16. The van der Waals surface area contributed by atoms with Crippen molar-refractivity contribution >= 4 is 40.9 Å². The monoisotopic (exact) mass is 533 g/mol. The lowest BCUT2D eigenvalue weighted by atomic mass is 9.96. The molecule has 2 aromatic rings. The molecule has 0 unspecified atom stereocenters. The average molecular weight is 534 g/mol. The van der Waals surface area contributed by atoms with Crippen molar-refractivity contribution in [3.8, 4) is 5.75 Å². The Morgan fingerprint density at radius 2 is 1.78 bits per heavy atom. The minimum atomic E-state index is -0.997. The SMILES string of the molecule is CCCNC(=O)[C@@H]1COC2(CCN(C(=O)c3ccc(Cl)c(Cl)c3)CC2)N1C(=O)c1cccc(OC)c1. The van der Waals surface area contributed by atoms with Gasteiger partial charge in [-0.2, -0.15) is 0 Å². The molecular weight excluding hydrogens is 505 g/mol. The molecule has 2 aromatic carbocycles. The lowest BCUT2D eigenvalue weighted by Gasteiger charge is -2.44. The highest BCUT2D eigenvalue weighted by Crippen LogP contribution is 2.39. The fourth-order valence-corrected chi connectivity index (χ4v) is 5.00. The van der Waals surface area contributed by atoms with E-state index in [1.807, 2.05) is 6.92 Å². The maximum atomic E-state index is 13.8. The van der Waals surface area contributed by atoms with E-state index < -0.39 is 11.8 Å². The molecule has 0 saturated carbocycles. The van der Waals surface area contributed by atoms with Crippen molar-refractivity contribution in [2.75, 3.05) is 33.4 Å². The van der Waals surface area contributed by atoms with Gasteiger partial charge in [-0.25, -0.2) is 0 Å². The topological polar surface area (TPSA) is 88.2 Å². The Kier molecular flexibility index (Phi) is 8.07. The Morgan fingerprint density at radius 1 is 1.06 bits per heavy atom. The van der Waals surface area contributed by atoms with E-state index >= 15 is 0 Å². The molecule has 2 fully saturated rings. The number of amides is 3. The second-order valence-electron chi connectivity index (χ2n) is 8.89. The Morgan fingerprint density at radius 3 is 2.44 bits per heavy atom. The van der Waals surface area contributed by atoms with Gasteiger partial charge in [-0.05, 0) is 42.8 Å². The fraction of sp³-hybridized carbons (Fsp3) is 0.423. The summed E-state index contributed by atoms with van der Waals surface area (Å²) in [4.78, 5) is 43.2. The van der Waals surface area contributed by atoms with Crippen LogP contribution in [-0.2, 0) is 9.53 Å². The summed E-state index contributed by atoms with van der Waals surface area (Å²) in [6.45, 7) is 3.27. The first kappa shape index (κ1) is 26.3. The van der Waals surface area contributed by atoms with Crippen LogP contribution in [0, 0.1) is 0 Å². The van der Waals surface area contributed by atoms with Crippen LogP contribution in [0.3, 0.4) is 0 Å². The van der Waals surface area contributed by atoms with Crippen LogP contribution in [0.4, 0.5) is 0 Å². The Bertz CT molecular complexity index is 1150. The summed E-state index contributed by atoms with van der Waals surface area (Å²) >= 11 is 12.1. The standard InChI is InChI=1S/C26H29Cl2N3O5/c1-3-11-29-23(32)22-16-36-26(31(22)25(34)17-5-4-6-19(14-17)35-2)9-12-30(13-10-26)24(33)18-7-8-20(27)21(28)15-18/h4-8,14-15,22H,3,9-13,16H2,1-2H3,(H,29,32)/t22-/m0/s1. The lowest BCUT2D eigenvalue weighted by Crippen LogP contribution is -2.59. The number of methoxy groups -OCH3 is 1. The Balaban J connectivity index is 1.58. The van der Waals surface area contributed by atoms with Crippen molar-refractivity contribution in [2.24, 2.45) is 0 Å². The van der Waals surface area contributed by atoms with Crippen molar-refractivity contribution in [3.05, 3.63) is 63.6 Å². The molecule has 4 rings (SSSR count). The van der Waals surface area contributed by atoms with Gasteiger partial charge in [-0.3, -0.25) is 19.3 Å². The van der Waals surface area contributed by atoms with Gasteiger partial charge in [0, 0.05) is 43.6 Å². The molecule has 2 saturated heterocycles. The van der Waals surface area contributed by atoms with Crippen LogP contribution in [0.2, 0.25) is 10.0 Å². The number of rotatable bonds is 6. The second kappa shape index (κ2) is 11.1. The van der Waals surface area contributed by atoms with Gasteiger partial charge in [0.1, 0.15) is 17.5 Å². The molecule has 0 radical (unpaired) electrons. The maximum Gasteiger partial charge on any atom is 0.257 e. The van der Waals surface area contributed by atoms with Crippen LogP contribution in [0.5, 0.6) is 5.75 Å². The Hall–Kier alpha value is -2.81. The fourth-order valence-electron chi connectivity index (χ4n) is 4.70. The number of likely N-dealkylation sites (tertiary alicyclic amines) is 1. The highest BCUT2D eigenvalue weighted by atomic mass is 35.5. The van der Waals surface area contributed by atoms with E-state index in [9.17, 15) is 14.4 Å². The molecule has 2 aliphatic heterocycles. The zero-order chi connectivity index (χ0) is 25.9. The van der Waals surface area contributed by atoms with Crippen molar-refractivity contribution in [3.63, 3.8) is 0 Å². The van der Waals surface area contributed by atoms with Crippen molar-refractivity contribution in [2.45, 2.75) is 38.0 Å². The van der Waals surface area contributed by atoms with Gasteiger partial charge in [0.2, 0.25) is 5.91 Å². The number of carbonyl (C=O) groups is 3. The second-order valence-corrected chi connectivity index (χ2v) is 9.71. The molecule has 1 N–H and O–H groups in total. The first-order chi connectivity index (χ1) is 17.3. The molecule has 1 spiro atoms. The minimum absolute atomic E-state index is 0.0893. The summed E-state index contributed by atoms with van der Waals surface area (Å²) in [5.41, 5.74) is -0.154. The van der Waals surface area contributed by atoms with E-state index in [-0.39, 0.29) is 24.3 Å². The number of carbonyl (C=O) groups excluding carboxylic acids is 3. The molecular formula is C26H29Cl2N3O5. The average Bonchev–Trinajstić information content (AvgIpc) is 3.26. The molecule has 3 amide bonds. The first-order valence-electron chi connectivity index (χ1n) is 11.9. The molecule has 2 heterocycles. The number of benzene rings is 2. The van der Waals surface area contributed by atoms with Crippen LogP contribution >= 0.6 is 23.2 Å². The van der Waals surface area contributed by atoms with Gasteiger partial charge in [0.15, 0.2) is 0 Å². The molecule has 36 heavy (non-hydrogen) atoms. The zero-order valence-corrected chi connectivity index (χ0v) is 21.8. The molecule has 8 nitrogen and oxygen atoms in total. The van der Waals surface area contributed by atoms with E-state index in [1.54, 1.807) is 52.3 Å². The molecule has 0 aliphatic carbocycles. The van der Waals surface area contributed by atoms with E-state index in [0.717, 1.165) is 6.42 Å². The van der Waals surface area contributed by atoms with Crippen LogP contribution < -0.4 is 10.1 Å². The molecule has 0 aromatic heterocycles. The van der Waals surface area contributed by atoms with E-state index in [2.05, 4.69) is 5.32 Å². The number of halogens is 2. The predicted molar refractivity (Wildman–Crippen MR) is 137 cm³/mol. The van der Waals surface area contributed by atoms with Crippen LogP contribution in [0.15, 0.2) is 42.5 Å².